The summed E-state index contributed by atoms with van der Waals surface area (Å²) in [6.45, 7) is 4.37. The lowest BCUT2D eigenvalue weighted by Crippen LogP contribution is -2.08. The molecule has 0 amide bonds. The van der Waals surface area contributed by atoms with Crippen LogP contribution in [-0.4, -0.2) is 25.2 Å². The molecule has 0 N–H and O–H groups in total. The van der Waals surface area contributed by atoms with Gasteiger partial charge in [-0.1, -0.05) is 48.5 Å². The van der Waals surface area contributed by atoms with Crippen LogP contribution in [0.2, 0.25) is 0 Å². The average Bonchev–Trinajstić information content (AvgIpc) is 2.62. The van der Waals surface area contributed by atoms with Crippen LogP contribution >= 0.6 is 0 Å². The summed E-state index contributed by atoms with van der Waals surface area (Å²) in [7, 11) is 0. The zero-order chi connectivity index (χ0) is 18.5. The second kappa shape index (κ2) is 8.00. The number of ether oxygens (including phenoxy) is 2. The van der Waals surface area contributed by atoms with Crippen LogP contribution in [0, 0.1) is 0 Å². The molecule has 4 heteroatoms. The number of rotatable bonds is 6. The molecule has 0 atom stereocenters. The van der Waals surface area contributed by atoms with E-state index < -0.39 is 0 Å². The Morgan fingerprint density at radius 2 is 1.50 bits per heavy atom. The van der Waals surface area contributed by atoms with E-state index in [0.717, 1.165) is 32.7 Å². The van der Waals surface area contributed by atoms with Gasteiger partial charge < -0.3 is 9.47 Å². The van der Waals surface area contributed by atoms with E-state index in [9.17, 15) is 9.59 Å². The van der Waals surface area contributed by atoms with Gasteiger partial charge >= 0.3 is 11.9 Å². The summed E-state index contributed by atoms with van der Waals surface area (Å²) >= 11 is 0. The van der Waals surface area contributed by atoms with Gasteiger partial charge in [0.05, 0.1) is 26.1 Å². The first-order chi connectivity index (χ1) is 12.6. The van der Waals surface area contributed by atoms with Gasteiger partial charge in [0.25, 0.3) is 0 Å². The number of hydrogen-bond acceptors (Lipinski definition) is 4. The molecule has 0 aliphatic carbocycles. The van der Waals surface area contributed by atoms with E-state index in [2.05, 4.69) is 0 Å². The predicted octanol–water partition coefficient (Wildman–Crippen LogP) is 4.20. The van der Waals surface area contributed by atoms with Crippen LogP contribution in [0.25, 0.3) is 21.5 Å². The van der Waals surface area contributed by atoms with Gasteiger partial charge in [0, 0.05) is 0 Å². The van der Waals surface area contributed by atoms with Gasteiger partial charge in [0.15, 0.2) is 0 Å². The zero-order valence-electron chi connectivity index (χ0n) is 15.1. The maximum Gasteiger partial charge on any atom is 0.310 e. The Hall–Kier alpha value is -2.88. The Bertz CT molecular complexity index is 959. The first-order valence-corrected chi connectivity index (χ1v) is 8.87. The van der Waals surface area contributed by atoms with E-state index in [1.165, 1.54) is 0 Å². The van der Waals surface area contributed by atoms with Gasteiger partial charge in [0.2, 0.25) is 0 Å². The van der Waals surface area contributed by atoms with Crippen molar-refractivity contribution in [1.82, 2.24) is 0 Å². The van der Waals surface area contributed by atoms with E-state index in [0.29, 0.717) is 13.2 Å². The van der Waals surface area contributed by atoms with Crippen LogP contribution < -0.4 is 0 Å². The summed E-state index contributed by atoms with van der Waals surface area (Å²) in [5.74, 6) is -0.452. The quantitative estimate of drug-likeness (QED) is 0.494. The van der Waals surface area contributed by atoms with E-state index in [1.807, 2.05) is 55.5 Å². The Kier molecular flexibility index (Phi) is 5.52. The Morgan fingerprint density at radius 3 is 2.23 bits per heavy atom. The molecule has 3 rings (SSSR count). The van der Waals surface area contributed by atoms with Gasteiger partial charge in [-0.15, -0.1) is 0 Å². The first kappa shape index (κ1) is 17.9. The van der Waals surface area contributed by atoms with Gasteiger partial charge in [-0.25, -0.2) is 0 Å². The Balaban J connectivity index is 2.04. The summed E-state index contributed by atoms with van der Waals surface area (Å²) in [6, 6.07) is 16.0. The van der Waals surface area contributed by atoms with E-state index in [4.69, 9.17) is 9.47 Å². The molecule has 134 valence electrons. The van der Waals surface area contributed by atoms with E-state index in [1.54, 1.807) is 6.92 Å². The summed E-state index contributed by atoms with van der Waals surface area (Å²) in [4.78, 5) is 23.7. The maximum absolute atomic E-state index is 12.0. The van der Waals surface area contributed by atoms with Crippen LogP contribution in [0.5, 0.6) is 0 Å². The predicted molar refractivity (Wildman–Crippen MR) is 102 cm³/mol. The Labute approximate surface area is 152 Å². The molecule has 0 radical (unpaired) electrons. The summed E-state index contributed by atoms with van der Waals surface area (Å²) in [5, 5.41) is 4.24. The molecule has 3 aromatic rings. The molecule has 3 aromatic carbocycles. The first-order valence-electron chi connectivity index (χ1n) is 8.87. The molecule has 0 saturated carbocycles. The molecule has 0 aliphatic rings. The summed E-state index contributed by atoms with van der Waals surface area (Å²) in [6.07, 6.45) is 0.501. The lowest BCUT2D eigenvalue weighted by atomic mass is 9.95. The van der Waals surface area contributed by atoms with Crippen molar-refractivity contribution in [3.05, 3.63) is 59.7 Å². The maximum atomic E-state index is 12.0. The highest BCUT2D eigenvalue weighted by Crippen LogP contribution is 2.29. The second-order valence-electron chi connectivity index (χ2n) is 6.10. The lowest BCUT2D eigenvalue weighted by Gasteiger charge is -2.11. The van der Waals surface area contributed by atoms with E-state index >= 15 is 0 Å². The van der Waals surface area contributed by atoms with Crippen molar-refractivity contribution >= 4 is 33.5 Å². The number of hydrogen-bond donors (Lipinski definition) is 0. The monoisotopic (exact) mass is 350 g/mol. The normalized spacial score (nSPS) is 10.8. The highest BCUT2D eigenvalue weighted by atomic mass is 16.5. The number of benzene rings is 3. The summed E-state index contributed by atoms with van der Waals surface area (Å²) in [5.41, 5.74) is 1.86. The number of carbonyl (C=O) groups excluding carboxylic acids is 2. The SMILES string of the molecule is CCOC(=O)Cc1ccc2c(ccc3cccc(CC(=O)OCC)c32)c1. The highest BCUT2D eigenvalue weighted by Gasteiger charge is 2.11. The van der Waals surface area contributed by atoms with Crippen molar-refractivity contribution in [2.24, 2.45) is 0 Å². The number of carbonyl (C=O) groups is 2. The van der Waals surface area contributed by atoms with Crippen LogP contribution in [0.15, 0.2) is 48.5 Å². The molecule has 0 saturated heterocycles. The van der Waals surface area contributed by atoms with Gasteiger partial charge in [0.1, 0.15) is 0 Å². The van der Waals surface area contributed by atoms with Crippen LogP contribution in [-0.2, 0) is 31.9 Å². The van der Waals surface area contributed by atoms with Crippen LogP contribution in [0.4, 0.5) is 0 Å². The van der Waals surface area contributed by atoms with Crippen LogP contribution in [0.3, 0.4) is 0 Å². The average molecular weight is 350 g/mol. The topological polar surface area (TPSA) is 52.6 Å². The van der Waals surface area contributed by atoms with Crippen molar-refractivity contribution in [1.29, 1.82) is 0 Å². The fourth-order valence-corrected chi connectivity index (χ4v) is 3.25. The largest absolute Gasteiger partial charge is 0.466 e. The van der Waals surface area contributed by atoms with Gasteiger partial charge in [-0.05, 0) is 46.5 Å². The van der Waals surface area contributed by atoms with Crippen molar-refractivity contribution in [2.75, 3.05) is 13.2 Å². The van der Waals surface area contributed by atoms with Gasteiger partial charge in [-0.3, -0.25) is 9.59 Å². The lowest BCUT2D eigenvalue weighted by molar-refractivity contribution is -0.143. The molecule has 0 spiro atoms. The minimum atomic E-state index is -0.226. The minimum absolute atomic E-state index is 0.226. The molecule has 4 nitrogen and oxygen atoms in total. The molecule has 0 bridgehead atoms. The fourth-order valence-electron chi connectivity index (χ4n) is 3.25. The van der Waals surface area contributed by atoms with Crippen molar-refractivity contribution in [3.63, 3.8) is 0 Å². The number of esters is 2. The zero-order valence-corrected chi connectivity index (χ0v) is 15.1. The minimum Gasteiger partial charge on any atom is -0.466 e. The van der Waals surface area contributed by atoms with Gasteiger partial charge in [-0.2, -0.15) is 0 Å². The molecule has 0 unspecified atom stereocenters. The second-order valence-corrected chi connectivity index (χ2v) is 6.10. The van der Waals surface area contributed by atoms with Crippen LogP contribution in [0.1, 0.15) is 25.0 Å². The van der Waals surface area contributed by atoms with Crippen molar-refractivity contribution in [2.45, 2.75) is 26.7 Å². The Morgan fingerprint density at radius 1 is 0.808 bits per heavy atom. The molecule has 0 aromatic heterocycles. The molecular formula is C22H22O4. The smallest absolute Gasteiger partial charge is 0.310 e. The van der Waals surface area contributed by atoms with Crippen molar-refractivity contribution < 1.29 is 19.1 Å². The number of fused-ring (bicyclic) bond motifs is 3. The molecule has 26 heavy (non-hydrogen) atoms. The van der Waals surface area contributed by atoms with E-state index in [-0.39, 0.29) is 24.8 Å². The molecule has 0 heterocycles. The third-order valence-electron chi connectivity index (χ3n) is 4.30. The van der Waals surface area contributed by atoms with Crippen molar-refractivity contribution in [3.8, 4) is 0 Å². The molecule has 0 fully saturated rings. The molecule has 0 aliphatic heterocycles. The third-order valence-corrected chi connectivity index (χ3v) is 4.30. The highest BCUT2D eigenvalue weighted by molar-refractivity contribution is 6.10. The molecular weight excluding hydrogens is 328 g/mol. The fraction of sp³-hybridized carbons (Fsp3) is 0.273. The standard InChI is InChI=1S/C22H22O4/c1-3-25-20(23)13-15-8-11-19-17(12-15)10-9-16-6-5-7-18(22(16)19)14-21(24)26-4-2/h5-12H,3-4,13-14H2,1-2H3. The third kappa shape index (κ3) is 3.85. The summed E-state index contributed by atoms with van der Waals surface area (Å²) < 4.78 is 10.1.